The Hall–Kier alpha value is -2.13. The molecule has 1 fully saturated rings. The third-order valence-electron chi connectivity index (χ3n) is 6.35. The fraction of sp³-hybridized carbons (Fsp3) is 0.480. The number of rotatable bonds is 7. The predicted molar refractivity (Wildman–Crippen MR) is 115 cm³/mol. The van der Waals surface area contributed by atoms with Crippen LogP contribution in [0.25, 0.3) is 0 Å². The normalized spacial score (nSPS) is 21.4. The van der Waals surface area contributed by atoms with Crippen molar-refractivity contribution in [2.75, 3.05) is 7.11 Å². The van der Waals surface area contributed by atoms with E-state index in [1.165, 1.54) is 24.7 Å². The van der Waals surface area contributed by atoms with Crippen LogP contribution in [0.3, 0.4) is 0 Å². The maximum absolute atomic E-state index is 11.7. The van der Waals surface area contributed by atoms with Gasteiger partial charge in [-0.25, -0.2) is 4.79 Å². The van der Waals surface area contributed by atoms with Crippen molar-refractivity contribution < 1.29 is 9.53 Å². The second-order valence-electron chi connectivity index (χ2n) is 8.75. The number of esters is 1. The van der Waals surface area contributed by atoms with E-state index in [1.54, 1.807) is 0 Å². The molecule has 0 aliphatic carbocycles. The molecule has 0 N–H and O–H groups in total. The van der Waals surface area contributed by atoms with Crippen LogP contribution in [0.15, 0.2) is 54.6 Å². The van der Waals surface area contributed by atoms with Crippen molar-refractivity contribution in [3.63, 3.8) is 0 Å². The number of nitrogens with zero attached hydrogens (tertiary/aromatic N) is 1. The van der Waals surface area contributed by atoms with Gasteiger partial charge < -0.3 is 4.74 Å². The Labute approximate surface area is 169 Å². The maximum Gasteiger partial charge on any atom is 0.337 e. The highest BCUT2D eigenvalue weighted by molar-refractivity contribution is 5.89. The van der Waals surface area contributed by atoms with Gasteiger partial charge in [0.1, 0.15) is 0 Å². The summed E-state index contributed by atoms with van der Waals surface area (Å²) in [7, 11) is 1.42. The van der Waals surface area contributed by atoms with E-state index >= 15 is 0 Å². The molecule has 0 bridgehead atoms. The molecule has 3 rings (SSSR count). The molecule has 0 amide bonds. The fourth-order valence-corrected chi connectivity index (χ4v) is 5.08. The first-order valence-electron chi connectivity index (χ1n) is 10.3. The van der Waals surface area contributed by atoms with E-state index < -0.39 is 0 Å². The minimum absolute atomic E-state index is 0.177. The second-order valence-corrected chi connectivity index (χ2v) is 8.75. The van der Waals surface area contributed by atoms with Crippen molar-refractivity contribution in [1.82, 2.24) is 4.90 Å². The zero-order valence-electron chi connectivity index (χ0n) is 17.8. The maximum atomic E-state index is 11.7. The van der Waals surface area contributed by atoms with Crippen LogP contribution in [0.4, 0.5) is 0 Å². The van der Waals surface area contributed by atoms with Gasteiger partial charge in [0.2, 0.25) is 0 Å². The van der Waals surface area contributed by atoms with Crippen molar-refractivity contribution in [2.24, 2.45) is 5.92 Å². The van der Waals surface area contributed by atoms with Gasteiger partial charge in [0.15, 0.2) is 0 Å². The number of aryl methyl sites for hydroxylation is 1. The number of carbonyl (C=O) groups excluding carboxylic acids is 1. The molecule has 3 nitrogen and oxygen atoms in total. The molecule has 0 radical (unpaired) electrons. The number of ether oxygens (including phenoxy) is 1. The number of benzene rings is 2. The highest BCUT2D eigenvalue weighted by Gasteiger charge is 2.54. The molecule has 1 aliphatic rings. The first kappa shape index (κ1) is 20.6. The van der Waals surface area contributed by atoms with Crippen molar-refractivity contribution in [1.29, 1.82) is 0 Å². The van der Waals surface area contributed by atoms with Gasteiger partial charge in [-0.15, -0.1) is 0 Å². The molecule has 0 saturated carbocycles. The number of methoxy groups -OCH3 is 1. The van der Waals surface area contributed by atoms with Crippen molar-refractivity contribution >= 4 is 5.97 Å². The smallest absolute Gasteiger partial charge is 0.337 e. The first-order chi connectivity index (χ1) is 13.3. The highest BCUT2D eigenvalue weighted by Crippen LogP contribution is 2.47. The molecular formula is C25H33NO2. The largest absolute Gasteiger partial charge is 0.465 e. The molecular weight excluding hydrogens is 346 g/mol. The molecule has 2 atom stereocenters. The van der Waals surface area contributed by atoms with Gasteiger partial charge in [0, 0.05) is 17.6 Å². The number of carbonyl (C=O) groups is 1. The molecule has 0 aromatic heterocycles. The average molecular weight is 380 g/mol. The van der Waals surface area contributed by atoms with E-state index in [0.29, 0.717) is 23.6 Å². The van der Waals surface area contributed by atoms with Gasteiger partial charge in [-0.3, -0.25) is 4.90 Å². The Morgan fingerprint density at radius 1 is 1.04 bits per heavy atom. The molecule has 2 aromatic rings. The van der Waals surface area contributed by atoms with Crippen molar-refractivity contribution in [3.05, 3.63) is 71.3 Å². The van der Waals surface area contributed by atoms with E-state index in [4.69, 9.17) is 4.74 Å². The van der Waals surface area contributed by atoms with Gasteiger partial charge in [-0.1, -0.05) is 42.5 Å². The first-order valence-corrected chi connectivity index (χ1v) is 10.3. The van der Waals surface area contributed by atoms with Crippen LogP contribution >= 0.6 is 0 Å². The summed E-state index contributed by atoms with van der Waals surface area (Å²) >= 11 is 0. The van der Waals surface area contributed by atoms with Crippen LogP contribution in [-0.2, 0) is 17.6 Å². The Kier molecular flexibility index (Phi) is 6.24. The summed E-state index contributed by atoms with van der Waals surface area (Å²) in [6, 6.07) is 19.8. The lowest BCUT2D eigenvalue weighted by Gasteiger charge is -2.64. The van der Waals surface area contributed by atoms with E-state index in [2.05, 4.69) is 75.1 Å². The van der Waals surface area contributed by atoms with E-state index in [1.807, 2.05) is 12.1 Å². The van der Waals surface area contributed by atoms with E-state index in [0.717, 1.165) is 12.8 Å². The monoisotopic (exact) mass is 379 g/mol. The summed E-state index contributed by atoms with van der Waals surface area (Å²) in [6.45, 7) is 9.36. The summed E-state index contributed by atoms with van der Waals surface area (Å²) < 4.78 is 4.81. The second kappa shape index (κ2) is 8.48. The minimum atomic E-state index is -0.276. The topological polar surface area (TPSA) is 29.5 Å². The van der Waals surface area contributed by atoms with Crippen LogP contribution in [0.2, 0.25) is 0 Å². The lowest BCUT2D eigenvalue weighted by atomic mass is 9.65. The number of hydrogen-bond donors (Lipinski definition) is 0. The van der Waals surface area contributed by atoms with E-state index in [-0.39, 0.29) is 11.5 Å². The van der Waals surface area contributed by atoms with Gasteiger partial charge in [-0.2, -0.15) is 0 Å². The zero-order valence-corrected chi connectivity index (χ0v) is 17.8. The standard InChI is InChI=1S/C25H33NO2/c1-18(2)26-23(16-13-19-9-7-6-8-10-19)22(25(26,3)4)17-20-11-14-21(15-12-20)24(27)28-5/h6-12,14-15,18,22-23H,13,16-17H2,1-5H3. The third-order valence-corrected chi connectivity index (χ3v) is 6.35. The Balaban J connectivity index is 1.73. The van der Waals surface area contributed by atoms with Crippen LogP contribution in [0, 0.1) is 5.92 Å². The van der Waals surface area contributed by atoms with Crippen LogP contribution < -0.4 is 0 Å². The molecule has 3 heteroatoms. The molecule has 1 heterocycles. The Bertz CT molecular complexity index is 780. The average Bonchev–Trinajstić information content (AvgIpc) is 2.69. The Morgan fingerprint density at radius 3 is 2.25 bits per heavy atom. The molecule has 2 aromatic carbocycles. The molecule has 1 aliphatic heterocycles. The molecule has 2 unspecified atom stereocenters. The van der Waals surface area contributed by atoms with E-state index in [9.17, 15) is 4.79 Å². The highest BCUT2D eigenvalue weighted by atomic mass is 16.5. The molecule has 150 valence electrons. The summed E-state index contributed by atoms with van der Waals surface area (Å²) in [5, 5.41) is 0. The van der Waals surface area contributed by atoms with Gasteiger partial charge >= 0.3 is 5.97 Å². The van der Waals surface area contributed by atoms with Crippen LogP contribution in [-0.4, -0.2) is 35.6 Å². The number of likely N-dealkylation sites (tertiary alicyclic amines) is 1. The molecule has 1 saturated heterocycles. The fourth-order valence-electron chi connectivity index (χ4n) is 5.08. The lowest BCUT2D eigenvalue weighted by Crippen LogP contribution is -2.72. The predicted octanol–water partition coefficient (Wildman–Crippen LogP) is 5.14. The zero-order chi connectivity index (χ0) is 20.3. The summed E-state index contributed by atoms with van der Waals surface area (Å²) in [5.41, 5.74) is 3.50. The number of hydrogen-bond acceptors (Lipinski definition) is 3. The third kappa shape index (κ3) is 4.15. The summed E-state index contributed by atoms with van der Waals surface area (Å²) in [6.07, 6.45) is 3.33. The summed E-state index contributed by atoms with van der Waals surface area (Å²) in [4.78, 5) is 14.4. The van der Waals surface area contributed by atoms with Gasteiger partial charge in [0.05, 0.1) is 12.7 Å². The minimum Gasteiger partial charge on any atom is -0.465 e. The molecule has 0 spiro atoms. The van der Waals surface area contributed by atoms with Gasteiger partial charge in [0.25, 0.3) is 0 Å². The van der Waals surface area contributed by atoms with Crippen molar-refractivity contribution in [3.8, 4) is 0 Å². The summed E-state index contributed by atoms with van der Waals surface area (Å²) in [5.74, 6) is 0.324. The quantitative estimate of drug-likeness (QED) is 0.624. The van der Waals surface area contributed by atoms with Crippen LogP contribution in [0.5, 0.6) is 0 Å². The Morgan fingerprint density at radius 2 is 1.68 bits per heavy atom. The van der Waals surface area contributed by atoms with Crippen LogP contribution in [0.1, 0.15) is 55.6 Å². The molecule has 28 heavy (non-hydrogen) atoms. The van der Waals surface area contributed by atoms with Gasteiger partial charge in [-0.05, 0) is 76.1 Å². The SMILES string of the molecule is COC(=O)c1ccc(CC2C(CCc3ccccc3)N(C(C)C)C2(C)C)cc1. The van der Waals surface area contributed by atoms with Crippen molar-refractivity contribution in [2.45, 2.75) is 64.6 Å². The lowest BCUT2D eigenvalue weighted by molar-refractivity contribution is -0.140.